The van der Waals surface area contributed by atoms with Crippen LogP contribution in [-0.2, 0) is 23.3 Å². The van der Waals surface area contributed by atoms with E-state index < -0.39 is 48.3 Å². The van der Waals surface area contributed by atoms with Crippen LogP contribution in [0.4, 0.5) is 23.2 Å². The number of halogens is 5. The quantitative estimate of drug-likeness (QED) is 0.229. The van der Waals surface area contributed by atoms with E-state index in [4.69, 9.17) is 11.6 Å². The predicted octanol–water partition coefficient (Wildman–Crippen LogP) is 4.33. The van der Waals surface area contributed by atoms with Crippen molar-refractivity contribution in [3.8, 4) is 0 Å². The maximum Gasteiger partial charge on any atom is 0.294 e. The van der Waals surface area contributed by atoms with Gasteiger partial charge in [-0.25, -0.2) is 17.6 Å². The SMILES string of the molecule is Cc1ccc(NC(=O)c2c(Cl)c(C(=O)C(=O)NC3(c4c[nH]nn4)CC(F)(F)C3)n3c2CCC3)cc1C(F)F. The van der Waals surface area contributed by atoms with Crippen molar-refractivity contribution in [1.82, 2.24) is 25.3 Å². The average molecular weight is 553 g/mol. The minimum atomic E-state index is -3.06. The molecule has 2 amide bonds. The normalized spacial score (nSPS) is 17.1. The fourth-order valence-electron chi connectivity index (χ4n) is 5.13. The van der Waals surface area contributed by atoms with Gasteiger partial charge in [0.2, 0.25) is 0 Å². The van der Waals surface area contributed by atoms with Crippen molar-refractivity contribution < 1.29 is 31.9 Å². The molecule has 38 heavy (non-hydrogen) atoms. The summed E-state index contributed by atoms with van der Waals surface area (Å²) in [6, 6.07) is 4.05. The Morgan fingerprint density at radius 3 is 2.58 bits per heavy atom. The summed E-state index contributed by atoms with van der Waals surface area (Å²) >= 11 is 6.47. The van der Waals surface area contributed by atoms with Crippen LogP contribution < -0.4 is 10.6 Å². The van der Waals surface area contributed by atoms with E-state index in [1.54, 1.807) is 0 Å². The van der Waals surface area contributed by atoms with Gasteiger partial charge < -0.3 is 15.2 Å². The average Bonchev–Trinajstić information content (AvgIpc) is 3.56. The lowest BCUT2D eigenvalue weighted by Crippen LogP contribution is -2.61. The molecule has 1 aromatic carbocycles. The second-order valence-corrected chi connectivity index (χ2v) is 9.88. The Morgan fingerprint density at radius 1 is 1.21 bits per heavy atom. The molecule has 0 saturated heterocycles. The van der Waals surface area contributed by atoms with Gasteiger partial charge in [-0.2, -0.15) is 0 Å². The summed E-state index contributed by atoms with van der Waals surface area (Å²) in [7, 11) is 0. The fraction of sp³-hybridized carbons (Fsp3) is 0.375. The lowest BCUT2D eigenvalue weighted by atomic mass is 9.71. The Balaban J connectivity index is 1.43. The summed E-state index contributed by atoms with van der Waals surface area (Å²) in [5.74, 6) is -6.09. The molecule has 0 atom stereocenters. The zero-order valence-corrected chi connectivity index (χ0v) is 20.6. The number of aromatic amines is 1. The number of rotatable bonds is 7. The third-order valence-electron chi connectivity index (χ3n) is 6.91. The van der Waals surface area contributed by atoms with Crippen molar-refractivity contribution in [2.24, 2.45) is 0 Å². The number of aryl methyl sites for hydroxylation is 1. The fourth-order valence-corrected chi connectivity index (χ4v) is 5.51. The molecule has 14 heteroatoms. The number of hydrogen-bond donors (Lipinski definition) is 3. The topological polar surface area (TPSA) is 122 Å². The Kier molecular flexibility index (Phi) is 6.28. The molecule has 5 rings (SSSR count). The van der Waals surface area contributed by atoms with Crippen LogP contribution in [0, 0.1) is 6.92 Å². The standard InChI is InChI=1S/C24H21ClF4N6O3/c1-11-4-5-12(7-13(11)20(26)27)31-21(37)16-14-3-2-6-35(14)18(17(16)25)19(36)22(38)32-23(9-24(28,29)10-23)15-8-30-34-33-15/h4-5,7-8,20H,2-3,6,9-10H2,1H3,(H,31,37)(H,32,38)(H,30,33,34). The molecule has 3 N–H and O–H groups in total. The molecule has 3 aromatic rings. The number of alkyl halides is 4. The van der Waals surface area contributed by atoms with Gasteiger partial charge in [-0.1, -0.05) is 22.9 Å². The number of amides is 2. The molecule has 1 fully saturated rings. The van der Waals surface area contributed by atoms with Crippen LogP contribution in [0.1, 0.15) is 69.0 Å². The van der Waals surface area contributed by atoms with Gasteiger partial charge in [0.05, 0.1) is 16.1 Å². The Hall–Kier alpha value is -3.74. The number of ketones is 1. The van der Waals surface area contributed by atoms with E-state index >= 15 is 0 Å². The highest BCUT2D eigenvalue weighted by Gasteiger charge is 2.60. The first-order valence-corrected chi connectivity index (χ1v) is 12.0. The number of carbonyl (C=O) groups is 3. The van der Waals surface area contributed by atoms with Gasteiger partial charge in [-0.15, -0.1) is 5.10 Å². The second kappa shape index (κ2) is 9.22. The third kappa shape index (κ3) is 4.34. The first kappa shape index (κ1) is 25.9. The third-order valence-corrected chi connectivity index (χ3v) is 7.28. The highest BCUT2D eigenvalue weighted by molar-refractivity contribution is 6.48. The van der Waals surface area contributed by atoms with E-state index in [1.807, 2.05) is 0 Å². The molecule has 1 aliphatic heterocycles. The van der Waals surface area contributed by atoms with Crippen molar-refractivity contribution >= 4 is 34.9 Å². The van der Waals surface area contributed by atoms with E-state index in [0.29, 0.717) is 30.6 Å². The van der Waals surface area contributed by atoms with Crippen LogP contribution in [0.15, 0.2) is 24.4 Å². The minimum absolute atomic E-state index is 0.0531. The van der Waals surface area contributed by atoms with E-state index in [-0.39, 0.29) is 33.2 Å². The molecular weight excluding hydrogens is 532 g/mol. The van der Waals surface area contributed by atoms with E-state index in [9.17, 15) is 31.9 Å². The van der Waals surface area contributed by atoms with Crippen molar-refractivity contribution in [3.05, 3.63) is 63.2 Å². The summed E-state index contributed by atoms with van der Waals surface area (Å²) in [4.78, 5) is 39.4. The molecule has 1 aliphatic carbocycles. The molecule has 1 saturated carbocycles. The van der Waals surface area contributed by atoms with Gasteiger partial charge in [-0.05, 0) is 37.5 Å². The van der Waals surface area contributed by atoms with Crippen LogP contribution >= 0.6 is 11.6 Å². The summed E-state index contributed by atoms with van der Waals surface area (Å²) in [5, 5.41) is 14.3. The lowest BCUT2D eigenvalue weighted by Gasteiger charge is -2.46. The second-order valence-electron chi connectivity index (χ2n) is 9.50. The highest BCUT2D eigenvalue weighted by Crippen LogP contribution is 2.51. The van der Waals surface area contributed by atoms with Crippen molar-refractivity contribution in [2.75, 3.05) is 5.32 Å². The zero-order chi connectivity index (χ0) is 27.4. The monoisotopic (exact) mass is 552 g/mol. The van der Waals surface area contributed by atoms with Gasteiger partial charge in [-0.3, -0.25) is 19.5 Å². The van der Waals surface area contributed by atoms with Gasteiger partial charge in [0.25, 0.3) is 29.9 Å². The van der Waals surface area contributed by atoms with Crippen LogP contribution in [0.3, 0.4) is 0 Å². The molecule has 2 aliphatic rings. The van der Waals surface area contributed by atoms with Crippen molar-refractivity contribution in [2.45, 2.75) is 57.0 Å². The Labute approximate surface area is 217 Å². The number of hydrogen-bond acceptors (Lipinski definition) is 5. The van der Waals surface area contributed by atoms with Crippen molar-refractivity contribution in [1.29, 1.82) is 0 Å². The van der Waals surface area contributed by atoms with Gasteiger partial charge in [0.15, 0.2) is 0 Å². The molecule has 0 bridgehead atoms. The molecule has 0 unspecified atom stereocenters. The number of nitrogens with one attached hydrogen (secondary N) is 3. The van der Waals surface area contributed by atoms with Crippen LogP contribution in [0.2, 0.25) is 5.02 Å². The molecule has 3 heterocycles. The number of H-pyrrole nitrogens is 1. The maximum atomic E-state index is 13.8. The first-order chi connectivity index (χ1) is 17.9. The predicted molar refractivity (Wildman–Crippen MR) is 127 cm³/mol. The molecule has 0 spiro atoms. The van der Waals surface area contributed by atoms with Crippen molar-refractivity contribution in [3.63, 3.8) is 0 Å². The molecule has 200 valence electrons. The highest BCUT2D eigenvalue weighted by atomic mass is 35.5. The Bertz CT molecular complexity index is 1450. The number of anilines is 1. The van der Waals surface area contributed by atoms with E-state index in [0.717, 1.165) is 6.07 Å². The molecule has 9 nitrogen and oxygen atoms in total. The molecule has 2 aromatic heterocycles. The summed E-state index contributed by atoms with van der Waals surface area (Å²) in [6.07, 6.45) is -2.08. The number of nitrogens with zero attached hydrogens (tertiary/aromatic N) is 3. The largest absolute Gasteiger partial charge is 0.340 e. The number of carbonyl (C=O) groups excluding carboxylic acids is 3. The van der Waals surface area contributed by atoms with Gasteiger partial charge in [0.1, 0.15) is 11.4 Å². The van der Waals surface area contributed by atoms with Gasteiger partial charge >= 0.3 is 0 Å². The summed E-state index contributed by atoms with van der Waals surface area (Å²) < 4.78 is 55.6. The van der Waals surface area contributed by atoms with Crippen LogP contribution in [0.5, 0.6) is 0 Å². The van der Waals surface area contributed by atoms with E-state index in [1.165, 1.54) is 29.8 Å². The summed E-state index contributed by atoms with van der Waals surface area (Å²) in [6.45, 7) is 1.81. The number of benzene rings is 1. The smallest absolute Gasteiger partial charge is 0.294 e. The number of Topliss-reactive ketones (excluding diaryl/α,β-unsaturated/α-hetero) is 1. The Morgan fingerprint density at radius 2 is 1.95 bits per heavy atom. The minimum Gasteiger partial charge on any atom is -0.340 e. The lowest BCUT2D eigenvalue weighted by molar-refractivity contribution is -0.148. The molecule has 0 radical (unpaired) electrons. The van der Waals surface area contributed by atoms with E-state index in [2.05, 4.69) is 26.0 Å². The molecular formula is C24H21ClF4N6O3. The number of fused-ring (bicyclic) bond motifs is 1. The summed E-state index contributed by atoms with van der Waals surface area (Å²) in [5.41, 5.74) is -1.22. The van der Waals surface area contributed by atoms with Crippen LogP contribution in [0.25, 0.3) is 0 Å². The van der Waals surface area contributed by atoms with Crippen LogP contribution in [-0.4, -0.2) is 43.5 Å². The number of aromatic nitrogens is 4. The first-order valence-electron chi connectivity index (χ1n) is 11.6. The van der Waals surface area contributed by atoms with Gasteiger partial charge in [0, 0.05) is 42.5 Å². The maximum absolute atomic E-state index is 13.8. The zero-order valence-electron chi connectivity index (χ0n) is 19.9.